The van der Waals surface area contributed by atoms with Crippen LogP contribution in [-0.2, 0) is 0 Å². The summed E-state index contributed by atoms with van der Waals surface area (Å²) in [6.45, 7) is 5.86. The monoisotopic (exact) mass is 295 g/mol. The maximum Gasteiger partial charge on any atom is 0.338 e. The summed E-state index contributed by atoms with van der Waals surface area (Å²) in [4.78, 5) is 11.6. The molecule has 1 heterocycles. The third kappa shape index (κ3) is 2.04. The first-order chi connectivity index (χ1) is 10.4. The van der Waals surface area contributed by atoms with E-state index in [2.05, 4.69) is 0 Å². The van der Waals surface area contributed by atoms with Gasteiger partial charge in [0, 0.05) is 16.8 Å². The van der Waals surface area contributed by atoms with Crippen LogP contribution in [0.5, 0.6) is 5.75 Å². The molecule has 22 heavy (non-hydrogen) atoms. The van der Waals surface area contributed by atoms with Gasteiger partial charge in [0.05, 0.1) is 11.1 Å². The largest absolute Gasteiger partial charge is 0.508 e. The number of rotatable bonds is 2. The van der Waals surface area contributed by atoms with E-state index >= 15 is 0 Å². The maximum absolute atomic E-state index is 11.6. The number of aromatic carboxylic acids is 1. The first-order valence-corrected chi connectivity index (χ1v) is 7.05. The molecule has 2 aromatic carbocycles. The molecule has 0 aliphatic carbocycles. The predicted octanol–water partition coefficient (Wildman–Crippen LogP) is 3.96. The number of aromatic nitrogens is 1. The Morgan fingerprint density at radius 2 is 1.73 bits per heavy atom. The Balaban J connectivity index is 2.41. The van der Waals surface area contributed by atoms with Crippen LogP contribution < -0.4 is 0 Å². The molecule has 0 unspecified atom stereocenters. The molecule has 0 radical (unpaired) electrons. The van der Waals surface area contributed by atoms with E-state index in [1.165, 1.54) is 11.6 Å². The third-order valence-corrected chi connectivity index (χ3v) is 4.15. The number of aryl methyl sites for hydroxylation is 2. The summed E-state index contributed by atoms with van der Waals surface area (Å²) >= 11 is 0. The Kier molecular flexibility index (Phi) is 3.17. The molecule has 0 fully saturated rings. The average molecular weight is 295 g/mol. The van der Waals surface area contributed by atoms with E-state index in [0.717, 1.165) is 16.8 Å². The zero-order valence-electron chi connectivity index (χ0n) is 12.7. The number of phenols is 1. The van der Waals surface area contributed by atoms with Gasteiger partial charge in [-0.05, 0) is 62.2 Å². The van der Waals surface area contributed by atoms with E-state index in [9.17, 15) is 15.0 Å². The number of carbonyl (C=O) groups is 1. The normalized spacial score (nSPS) is 11.0. The fourth-order valence-corrected chi connectivity index (χ4v) is 2.87. The van der Waals surface area contributed by atoms with Crippen LogP contribution in [0.2, 0.25) is 0 Å². The molecule has 0 aliphatic rings. The van der Waals surface area contributed by atoms with Crippen LogP contribution in [0.1, 0.15) is 27.2 Å². The Morgan fingerprint density at radius 3 is 2.36 bits per heavy atom. The number of carboxylic acid groups (broad SMARTS) is 1. The molecule has 0 saturated heterocycles. The molecule has 3 aromatic rings. The highest BCUT2D eigenvalue weighted by Gasteiger charge is 2.20. The van der Waals surface area contributed by atoms with Crippen molar-refractivity contribution in [2.45, 2.75) is 20.8 Å². The SMILES string of the molecule is Cc1ccc(-n2c(C)c(C(=O)O)c3cc(O)ccc32)cc1C. The molecule has 112 valence electrons. The number of aromatic hydroxyl groups is 1. The first kappa shape index (κ1) is 14.2. The van der Waals surface area contributed by atoms with Crippen molar-refractivity contribution in [2.75, 3.05) is 0 Å². The molecule has 0 amide bonds. The van der Waals surface area contributed by atoms with Gasteiger partial charge >= 0.3 is 5.97 Å². The van der Waals surface area contributed by atoms with Crippen molar-refractivity contribution in [3.63, 3.8) is 0 Å². The minimum absolute atomic E-state index is 0.0623. The van der Waals surface area contributed by atoms with Crippen LogP contribution in [0.25, 0.3) is 16.6 Å². The van der Waals surface area contributed by atoms with Crippen LogP contribution in [0, 0.1) is 20.8 Å². The fraction of sp³-hybridized carbons (Fsp3) is 0.167. The third-order valence-electron chi connectivity index (χ3n) is 4.15. The van der Waals surface area contributed by atoms with Crippen molar-refractivity contribution in [3.05, 3.63) is 58.8 Å². The molecule has 1 aromatic heterocycles. The number of hydrogen-bond donors (Lipinski definition) is 2. The summed E-state index contributed by atoms with van der Waals surface area (Å²) in [6.07, 6.45) is 0. The second kappa shape index (κ2) is 4.91. The smallest absolute Gasteiger partial charge is 0.338 e. The van der Waals surface area contributed by atoms with Crippen LogP contribution >= 0.6 is 0 Å². The van der Waals surface area contributed by atoms with Crippen LogP contribution in [0.3, 0.4) is 0 Å². The fourth-order valence-electron chi connectivity index (χ4n) is 2.87. The summed E-state index contributed by atoms with van der Waals surface area (Å²) in [5.41, 5.74) is 4.91. The lowest BCUT2D eigenvalue weighted by molar-refractivity contribution is 0.0698. The van der Waals surface area contributed by atoms with Crippen LogP contribution in [0.15, 0.2) is 36.4 Å². The highest BCUT2D eigenvalue weighted by molar-refractivity contribution is 6.06. The van der Waals surface area contributed by atoms with Gasteiger partial charge < -0.3 is 14.8 Å². The Morgan fingerprint density at radius 1 is 1.00 bits per heavy atom. The van der Waals surface area contributed by atoms with Gasteiger partial charge in [0.25, 0.3) is 0 Å². The second-order valence-electron chi connectivity index (χ2n) is 5.57. The maximum atomic E-state index is 11.6. The number of hydrogen-bond acceptors (Lipinski definition) is 2. The molecule has 0 atom stereocenters. The summed E-state index contributed by atoms with van der Waals surface area (Å²) in [5, 5.41) is 19.7. The molecular weight excluding hydrogens is 278 g/mol. The molecular formula is C18H17NO3. The van der Waals surface area contributed by atoms with E-state index in [1.54, 1.807) is 19.1 Å². The molecule has 0 bridgehead atoms. The predicted molar refractivity (Wildman–Crippen MR) is 86.1 cm³/mol. The average Bonchev–Trinajstić information content (AvgIpc) is 2.73. The second-order valence-corrected chi connectivity index (χ2v) is 5.57. The van der Waals surface area contributed by atoms with Crippen molar-refractivity contribution < 1.29 is 15.0 Å². The quantitative estimate of drug-likeness (QED) is 0.752. The van der Waals surface area contributed by atoms with Crippen molar-refractivity contribution in [1.29, 1.82) is 0 Å². The van der Waals surface area contributed by atoms with Gasteiger partial charge in [-0.3, -0.25) is 0 Å². The van der Waals surface area contributed by atoms with Gasteiger partial charge in [0.1, 0.15) is 5.75 Å². The number of phenolic OH excluding ortho intramolecular Hbond substituents is 1. The van der Waals surface area contributed by atoms with Crippen LogP contribution in [-0.4, -0.2) is 20.7 Å². The van der Waals surface area contributed by atoms with E-state index < -0.39 is 5.97 Å². The lowest BCUT2D eigenvalue weighted by Crippen LogP contribution is -2.02. The molecule has 3 rings (SSSR count). The highest BCUT2D eigenvalue weighted by Crippen LogP contribution is 2.32. The topological polar surface area (TPSA) is 62.5 Å². The van der Waals surface area contributed by atoms with Gasteiger partial charge in [0.15, 0.2) is 0 Å². The Hall–Kier alpha value is -2.75. The molecule has 4 heteroatoms. The number of nitrogens with zero attached hydrogens (tertiary/aromatic N) is 1. The summed E-state index contributed by atoms with van der Waals surface area (Å²) in [7, 11) is 0. The lowest BCUT2D eigenvalue weighted by atomic mass is 10.1. The molecule has 0 aliphatic heterocycles. The van der Waals surface area contributed by atoms with Gasteiger partial charge in [0.2, 0.25) is 0 Å². The minimum Gasteiger partial charge on any atom is -0.508 e. The minimum atomic E-state index is -0.990. The molecule has 4 nitrogen and oxygen atoms in total. The molecule has 2 N–H and O–H groups in total. The highest BCUT2D eigenvalue weighted by atomic mass is 16.4. The van der Waals surface area contributed by atoms with Crippen molar-refractivity contribution in [1.82, 2.24) is 4.57 Å². The number of fused-ring (bicyclic) bond motifs is 1. The standard InChI is InChI=1S/C18H17NO3/c1-10-4-5-13(8-11(10)2)19-12(3)17(18(21)22)15-9-14(20)6-7-16(15)19/h4-9,20H,1-3H3,(H,21,22). The van der Waals surface area contributed by atoms with Crippen molar-refractivity contribution in [3.8, 4) is 11.4 Å². The van der Waals surface area contributed by atoms with Gasteiger partial charge in [-0.2, -0.15) is 0 Å². The van der Waals surface area contributed by atoms with Crippen molar-refractivity contribution in [2.24, 2.45) is 0 Å². The summed E-state index contributed by atoms with van der Waals surface area (Å²) in [5.74, 6) is -0.928. The van der Waals surface area contributed by atoms with Crippen LogP contribution in [0.4, 0.5) is 0 Å². The van der Waals surface area contributed by atoms with Gasteiger partial charge in [-0.1, -0.05) is 6.07 Å². The van der Waals surface area contributed by atoms with Gasteiger partial charge in [-0.25, -0.2) is 4.79 Å². The van der Waals surface area contributed by atoms with E-state index in [0.29, 0.717) is 11.1 Å². The molecule has 0 spiro atoms. The summed E-state index contributed by atoms with van der Waals surface area (Å²) in [6, 6.07) is 10.9. The van der Waals surface area contributed by atoms with Crippen molar-refractivity contribution >= 4 is 16.9 Å². The zero-order valence-corrected chi connectivity index (χ0v) is 12.7. The van der Waals surface area contributed by atoms with E-state index in [4.69, 9.17) is 0 Å². The summed E-state index contributed by atoms with van der Waals surface area (Å²) < 4.78 is 1.92. The Bertz CT molecular complexity index is 906. The number of benzene rings is 2. The lowest BCUT2D eigenvalue weighted by Gasteiger charge is -2.11. The van der Waals surface area contributed by atoms with Gasteiger partial charge in [-0.15, -0.1) is 0 Å². The number of carboxylic acids is 1. The Labute approximate surface area is 128 Å². The van der Waals surface area contributed by atoms with E-state index in [1.807, 2.05) is 36.6 Å². The first-order valence-electron chi connectivity index (χ1n) is 7.05. The zero-order chi connectivity index (χ0) is 16.0. The van der Waals surface area contributed by atoms with E-state index in [-0.39, 0.29) is 11.3 Å². The molecule has 0 saturated carbocycles.